The number of rotatable bonds is 4. The summed E-state index contributed by atoms with van der Waals surface area (Å²) in [5.41, 5.74) is 5.64. The van der Waals surface area contributed by atoms with Gasteiger partial charge >= 0.3 is 5.97 Å². The van der Waals surface area contributed by atoms with E-state index in [1.807, 2.05) is 0 Å². The first-order chi connectivity index (χ1) is 9.10. The van der Waals surface area contributed by atoms with Gasteiger partial charge in [-0.05, 0) is 44.6 Å². The van der Waals surface area contributed by atoms with Crippen molar-refractivity contribution in [1.29, 1.82) is 0 Å². The number of carbonyl (C=O) groups excluding carboxylic acids is 1. The predicted octanol–water partition coefficient (Wildman–Crippen LogP) is 0.897. The number of carboxylic acid groups (broad SMARTS) is 1. The number of carboxylic acids is 1. The Morgan fingerprint density at radius 3 is 2.42 bits per heavy atom. The van der Waals surface area contributed by atoms with E-state index in [0.29, 0.717) is 18.9 Å². The molecule has 0 aliphatic heterocycles. The molecule has 2 unspecified atom stereocenters. The summed E-state index contributed by atoms with van der Waals surface area (Å²) < 4.78 is 0. The van der Waals surface area contributed by atoms with Gasteiger partial charge in [0, 0.05) is 12.0 Å². The number of carbonyl (C=O) groups is 2. The Bertz CT molecular complexity index is 373. The lowest BCUT2D eigenvalue weighted by Crippen LogP contribution is -2.39. The Morgan fingerprint density at radius 1 is 1.21 bits per heavy atom. The van der Waals surface area contributed by atoms with Crippen molar-refractivity contribution in [3.05, 3.63) is 12.2 Å². The Morgan fingerprint density at radius 2 is 1.89 bits per heavy atom. The smallest absolute Gasteiger partial charge is 0.310 e. The van der Waals surface area contributed by atoms with E-state index in [0.717, 1.165) is 25.7 Å². The van der Waals surface area contributed by atoms with Crippen LogP contribution in [0.5, 0.6) is 0 Å². The molecule has 0 saturated heterocycles. The number of amides is 1. The van der Waals surface area contributed by atoms with Gasteiger partial charge in [-0.2, -0.15) is 0 Å². The number of hydrogen-bond acceptors (Lipinski definition) is 3. The molecule has 0 aromatic rings. The van der Waals surface area contributed by atoms with Gasteiger partial charge < -0.3 is 16.2 Å². The third kappa shape index (κ3) is 3.56. The molecule has 0 radical (unpaired) electrons. The lowest BCUT2D eigenvalue weighted by Gasteiger charge is -2.27. The third-order valence-electron chi connectivity index (χ3n) is 4.28. The molecule has 2 atom stereocenters. The van der Waals surface area contributed by atoms with Crippen molar-refractivity contribution in [3.63, 3.8) is 0 Å². The summed E-state index contributed by atoms with van der Waals surface area (Å²) >= 11 is 0. The summed E-state index contributed by atoms with van der Waals surface area (Å²) in [5, 5.41) is 11.8. The first-order valence-electron chi connectivity index (χ1n) is 7.01. The summed E-state index contributed by atoms with van der Waals surface area (Å²) in [6, 6.07) is -0.124. The minimum absolute atomic E-state index is 0.0659. The second-order valence-electron chi connectivity index (χ2n) is 5.63. The molecule has 0 aromatic carbocycles. The molecule has 4 N–H and O–H groups in total. The highest BCUT2D eigenvalue weighted by Gasteiger charge is 2.29. The van der Waals surface area contributed by atoms with Crippen molar-refractivity contribution in [2.45, 2.75) is 38.1 Å². The molecular weight excluding hydrogens is 244 g/mol. The van der Waals surface area contributed by atoms with Crippen LogP contribution in [0.2, 0.25) is 0 Å². The van der Waals surface area contributed by atoms with Crippen LogP contribution in [0, 0.1) is 17.8 Å². The van der Waals surface area contributed by atoms with Crippen LogP contribution < -0.4 is 11.1 Å². The Balaban J connectivity index is 1.77. The van der Waals surface area contributed by atoms with E-state index in [4.69, 9.17) is 10.8 Å². The highest BCUT2D eigenvalue weighted by atomic mass is 16.4. The van der Waals surface area contributed by atoms with Gasteiger partial charge in [-0.15, -0.1) is 0 Å². The molecule has 5 heteroatoms. The van der Waals surface area contributed by atoms with E-state index in [1.54, 1.807) is 12.2 Å². The molecule has 1 fully saturated rings. The van der Waals surface area contributed by atoms with Crippen LogP contribution >= 0.6 is 0 Å². The minimum Gasteiger partial charge on any atom is -0.481 e. The largest absolute Gasteiger partial charge is 0.481 e. The number of hydrogen-bond donors (Lipinski definition) is 3. The van der Waals surface area contributed by atoms with E-state index >= 15 is 0 Å². The van der Waals surface area contributed by atoms with E-state index in [9.17, 15) is 9.59 Å². The van der Waals surface area contributed by atoms with Gasteiger partial charge in [-0.3, -0.25) is 9.59 Å². The van der Waals surface area contributed by atoms with Crippen LogP contribution in [0.15, 0.2) is 12.2 Å². The van der Waals surface area contributed by atoms with Crippen LogP contribution in [-0.2, 0) is 9.59 Å². The van der Waals surface area contributed by atoms with Gasteiger partial charge in [-0.1, -0.05) is 12.2 Å². The average Bonchev–Trinajstić information content (AvgIpc) is 2.87. The van der Waals surface area contributed by atoms with Crippen molar-refractivity contribution in [1.82, 2.24) is 5.32 Å². The zero-order valence-corrected chi connectivity index (χ0v) is 11.0. The van der Waals surface area contributed by atoms with Gasteiger partial charge in [0.25, 0.3) is 0 Å². The summed E-state index contributed by atoms with van der Waals surface area (Å²) in [7, 11) is 0. The van der Waals surface area contributed by atoms with Crippen molar-refractivity contribution in [2.24, 2.45) is 23.5 Å². The maximum Gasteiger partial charge on any atom is 0.310 e. The molecule has 2 rings (SSSR count). The molecular formula is C14H22N2O3. The molecule has 0 heterocycles. The Labute approximate surface area is 113 Å². The van der Waals surface area contributed by atoms with Gasteiger partial charge in [0.05, 0.1) is 5.92 Å². The first kappa shape index (κ1) is 14.1. The van der Waals surface area contributed by atoms with Crippen LogP contribution in [0.4, 0.5) is 0 Å². The second-order valence-corrected chi connectivity index (χ2v) is 5.63. The zero-order chi connectivity index (χ0) is 13.8. The molecule has 2 aliphatic carbocycles. The summed E-state index contributed by atoms with van der Waals surface area (Å²) in [5.74, 6) is -0.585. The molecule has 106 valence electrons. The van der Waals surface area contributed by atoms with E-state index in [-0.39, 0.29) is 17.9 Å². The van der Waals surface area contributed by atoms with Crippen molar-refractivity contribution in [3.8, 4) is 0 Å². The highest BCUT2D eigenvalue weighted by molar-refractivity contribution is 5.80. The maximum absolute atomic E-state index is 12.1. The lowest BCUT2D eigenvalue weighted by molar-refractivity contribution is -0.140. The fourth-order valence-corrected chi connectivity index (χ4v) is 2.95. The number of aliphatic carboxylic acids is 1. The normalized spacial score (nSPS) is 34.2. The second kappa shape index (κ2) is 6.19. The van der Waals surface area contributed by atoms with Gasteiger partial charge in [0.1, 0.15) is 0 Å². The highest BCUT2D eigenvalue weighted by Crippen LogP contribution is 2.28. The molecule has 0 aromatic heterocycles. The van der Waals surface area contributed by atoms with E-state index in [1.165, 1.54) is 0 Å². The summed E-state index contributed by atoms with van der Waals surface area (Å²) in [6.45, 7) is 0.708. The molecule has 1 amide bonds. The topological polar surface area (TPSA) is 92.4 Å². The molecule has 0 bridgehead atoms. The van der Waals surface area contributed by atoms with Crippen molar-refractivity contribution < 1.29 is 14.7 Å². The predicted molar refractivity (Wildman–Crippen MR) is 71.3 cm³/mol. The average molecular weight is 266 g/mol. The van der Waals surface area contributed by atoms with Crippen LogP contribution in [0.25, 0.3) is 0 Å². The van der Waals surface area contributed by atoms with Crippen molar-refractivity contribution >= 4 is 11.9 Å². The van der Waals surface area contributed by atoms with E-state index in [2.05, 4.69) is 5.32 Å². The quantitative estimate of drug-likeness (QED) is 0.659. The standard InChI is InChI=1S/C14H22N2O3/c15-8-9-1-3-10(4-2-9)13(17)16-12-6-5-11(7-12)14(18)19/h5-6,9-12H,1-4,7-8,15H2,(H,16,17)(H,18,19). The number of nitrogens with one attached hydrogen (secondary N) is 1. The van der Waals surface area contributed by atoms with E-state index < -0.39 is 11.9 Å². The Hall–Kier alpha value is -1.36. The first-order valence-corrected chi connectivity index (χ1v) is 7.01. The minimum atomic E-state index is -0.823. The fourth-order valence-electron chi connectivity index (χ4n) is 2.95. The van der Waals surface area contributed by atoms with Gasteiger partial charge in [-0.25, -0.2) is 0 Å². The van der Waals surface area contributed by atoms with Crippen LogP contribution in [0.3, 0.4) is 0 Å². The molecule has 19 heavy (non-hydrogen) atoms. The lowest BCUT2D eigenvalue weighted by atomic mass is 9.81. The third-order valence-corrected chi connectivity index (χ3v) is 4.28. The van der Waals surface area contributed by atoms with Crippen LogP contribution in [0.1, 0.15) is 32.1 Å². The Kier molecular flexibility index (Phi) is 4.58. The maximum atomic E-state index is 12.1. The fraction of sp³-hybridized carbons (Fsp3) is 0.714. The molecule has 5 nitrogen and oxygen atoms in total. The molecule has 0 spiro atoms. The van der Waals surface area contributed by atoms with Crippen LogP contribution in [-0.4, -0.2) is 29.6 Å². The van der Waals surface area contributed by atoms with Crippen molar-refractivity contribution in [2.75, 3.05) is 6.54 Å². The zero-order valence-electron chi connectivity index (χ0n) is 11.0. The van der Waals surface area contributed by atoms with Gasteiger partial charge in [0.15, 0.2) is 0 Å². The number of nitrogens with two attached hydrogens (primary N) is 1. The summed E-state index contributed by atoms with van der Waals surface area (Å²) in [4.78, 5) is 22.9. The monoisotopic (exact) mass is 266 g/mol. The summed E-state index contributed by atoms with van der Waals surface area (Å²) in [6.07, 6.45) is 7.76. The molecule has 2 aliphatic rings. The molecule has 1 saturated carbocycles. The van der Waals surface area contributed by atoms with Gasteiger partial charge in [0.2, 0.25) is 5.91 Å². The SMILES string of the molecule is NCC1CCC(C(=O)NC2C=CC(C(=O)O)C2)CC1.